The number of nitrogens with zero attached hydrogens (tertiary/aromatic N) is 3. The van der Waals surface area contributed by atoms with Crippen molar-refractivity contribution in [1.82, 2.24) is 0 Å². The Labute approximate surface area is 161 Å². The highest BCUT2D eigenvalue weighted by Crippen LogP contribution is 2.37. The van der Waals surface area contributed by atoms with Crippen molar-refractivity contribution in [1.29, 1.82) is 15.8 Å². The van der Waals surface area contributed by atoms with Crippen molar-refractivity contribution >= 4 is 17.3 Å². The highest BCUT2D eigenvalue weighted by Gasteiger charge is 2.16. The molecule has 0 radical (unpaired) electrons. The van der Waals surface area contributed by atoms with Crippen molar-refractivity contribution in [3.8, 4) is 29.7 Å². The van der Waals surface area contributed by atoms with E-state index in [1.54, 1.807) is 48.5 Å². The minimum atomic E-state index is -0.370. The van der Waals surface area contributed by atoms with Gasteiger partial charge in [0.1, 0.15) is 35.4 Å². The molecule has 0 spiro atoms. The maximum absolute atomic E-state index is 12.4. The van der Waals surface area contributed by atoms with E-state index in [1.807, 2.05) is 0 Å². The van der Waals surface area contributed by atoms with Crippen molar-refractivity contribution in [2.45, 2.75) is 0 Å². The Morgan fingerprint density at radius 1 is 0.857 bits per heavy atom. The van der Waals surface area contributed by atoms with Gasteiger partial charge in [-0.2, -0.15) is 15.8 Å². The summed E-state index contributed by atoms with van der Waals surface area (Å²) in [5.41, 5.74) is 0.503. The molecule has 138 valence electrons. The largest absolute Gasteiger partial charge is 0.494 e. The third kappa shape index (κ3) is 4.37. The Kier molecular flexibility index (Phi) is 6.58. The maximum atomic E-state index is 12.4. The van der Waals surface area contributed by atoms with Gasteiger partial charge in [-0.25, -0.2) is 0 Å². The predicted molar refractivity (Wildman–Crippen MR) is 101 cm³/mol. The smallest absolute Gasteiger partial charge is 0.255 e. The van der Waals surface area contributed by atoms with Crippen molar-refractivity contribution in [3.05, 3.63) is 59.3 Å². The van der Waals surface area contributed by atoms with Gasteiger partial charge in [-0.05, 0) is 12.1 Å². The molecule has 0 saturated carbocycles. The van der Waals surface area contributed by atoms with Gasteiger partial charge in [0.15, 0.2) is 5.57 Å². The van der Waals surface area contributed by atoms with Crippen LogP contribution in [0.4, 0.5) is 11.4 Å². The fourth-order valence-electron chi connectivity index (χ4n) is 2.29. The lowest BCUT2D eigenvalue weighted by molar-refractivity contribution is 0.102. The molecular formula is C20H15N5O3. The average molecular weight is 373 g/mol. The molecule has 0 fully saturated rings. The van der Waals surface area contributed by atoms with Crippen LogP contribution < -0.4 is 20.1 Å². The van der Waals surface area contributed by atoms with Crippen LogP contribution in [0.25, 0.3) is 0 Å². The summed E-state index contributed by atoms with van der Waals surface area (Å²) in [7, 11) is 2.82. The number of hydrogen-bond donors (Lipinski definition) is 2. The third-order valence-corrected chi connectivity index (χ3v) is 3.65. The number of allylic oxidation sites excluding steroid dienone is 2. The van der Waals surface area contributed by atoms with E-state index in [1.165, 1.54) is 26.4 Å². The summed E-state index contributed by atoms with van der Waals surface area (Å²) in [6, 6.07) is 16.7. The number of nitrogens with one attached hydrogen (secondary N) is 2. The van der Waals surface area contributed by atoms with Gasteiger partial charge in [0.05, 0.1) is 25.6 Å². The highest BCUT2D eigenvalue weighted by atomic mass is 16.5. The summed E-state index contributed by atoms with van der Waals surface area (Å²) in [5, 5.41) is 32.6. The predicted octanol–water partition coefficient (Wildman–Crippen LogP) is 3.19. The standard InChI is InChI=1S/C20H15N5O3/c1-27-18-9-16(25-20(26)13-6-4-3-5-7-13)19(28-2)8-15(18)24-17(12-23)14(10-21)11-22/h3-9,24H,1-2H3,(H,25,26). The second-order valence-electron chi connectivity index (χ2n) is 5.28. The number of rotatable bonds is 6. The number of ether oxygens (including phenoxy) is 2. The molecule has 8 nitrogen and oxygen atoms in total. The first-order valence-electron chi connectivity index (χ1n) is 7.92. The van der Waals surface area contributed by atoms with Gasteiger partial charge in [0, 0.05) is 17.7 Å². The third-order valence-electron chi connectivity index (χ3n) is 3.65. The second-order valence-corrected chi connectivity index (χ2v) is 5.28. The Morgan fingerprint density at radius 3 is 1.86 bits per heavy atom. The second kappa shape index (κ2) is 9.28. The van der Waals surface area contributed by atoms with E-state index in [-0.39, 0.29) is 28.6 Å². The molecule has 0 saturated heterocycles. The van der Waals surface area contributed by atoms with E-state index in [9.17, 15) is 10.1 Å². The molecule has 0 bridgehead atoms. The zero-order valence-electron chi connectivity index (χ0n) is 15.1. The van der Waals surface area contributed by atoms with Gasteiger partial charge in [0.25, 0.3) is 5.91 Å². The molecule has 0 heterocycles. The van der Waals surface area contributed by atoms with E-state index in [2.05, 4.69) is 10.6 Å². The minimum Gasteiger partial charge on any atom is -0.494 e. The lowest BCUT2D eigenvalue weighted by Gasteiger charge is -2.16. The zero-order chi connectivity index (χ0) is 20.5. The van der Waals surface area contributed by atoms with E-state index in [4.69, 9.17) is 20.0 Å². The summed E-state index contributed by atoms with van der Waals surface area (Å²) in [4.78, 5) is 12.4. The lowest BCUT2D eigenvalue weighted by Crippen LogP contribution is -2.13. The molecule has 0 atom stereocenters. The normalized spacial score (nSPS) is 9.11. The first-order valence-corrected chi connectivity index (χ1v) is 7.92. The van der Waals surface area contributed by atoms with Gasteiger partial charge < -0.3 is 20.1 Å². The average Bonchev–Trinajstić information content (AvgIpc) is 2.74. The number of nitriles is 3. The molecule has 0 aliphatic carbocycles. The summed E-state index contributed by atoms with van der Waals surface area (Å²) in [5.74, 6) is 0.225. The Bertz CT molecular complexity index is 1020. The molecule has 0 aliphatic heterocycles. The lowest BCUT2D eigenvalue weighted by atomic mass is 10.1. The van der Waals surface area contributed by atoms with Gasteiger partial charge in [-0.1, -0.05) is 18.2 Å². The summed E-state index contributed by atoms with van der Waals surface area (Å²) >= 11 is 0. The van der Waals surface area contributed by atoms with Crippen LogP contribution in [0.15, 0.2) is 53.7 Å². The molecule has 2 rings (SSSR count). The monoisotopic (exact) mass is 373 g/mol. The number of benzene rings is 2. The van der Waals surface area contributed by atoms with Gasteiger partial charge in [-0.15, -0.1) is 0 Å². The fraction of sp³-hybridized carbons (Fsp3) is 0.100. The number of hydrogen-bond acceptors (Lipinski definition) is 7. The van der Waals surface area contributed by atoms with Crippen molar-refractivity contribution in [3.63, 3.8) is 0 Å². The highest BCUT2D eigenvalue weighted by molar-refractivity contribution is 6.05. The quantitative estimate of drug-likeness (QED) is 0.743. The van der Waals surface area contributed by atoms with E-state index >= 15 is 0 Å². The van der Waals surface area contributed by atoms with Crippen LogP contribution in [0.1, 0.15) is 10.4 Å². The number of amides is 1. The van der Waals surface area contributed by atoms with Gasteiger partial charge in [-0.3, -0.25) is 4.79 Å². The molecule has 0 aromatic heterocycles. The topological polar surface area (TPSA) is 131 Å². The van der Waals surface area contributed by atoms with Crippen LogP contribution >= 0.6 is 0 Å². The molecule has 0 unspecified atom stereocenters. The summed E-state index contributed by atoms with van der Waals surface area (Å²) in [6.07, 6.45) is 0. The molecule has 0 aliphatic rings. The van der Waals surface area contributed by atoms with Crippen LogP contribution in [0.2, 0.25) is 0 Å². The molecular weight excluding hydrogens is 358 g/mol. The number of carbonyl (C=O) groups excluding carboxylic acids is 1. The molecule has 2 N–H and O–H groups in total. The van der Waals surface area contributed by atoms with Crippen molar-refractivity contribution in [2.75, 3.05) is 24.9 Å². The van der Waals surface area contributed by atoms with Gasteiger partial charge in [0.2, 0.25) is 0 Å². The summed E-state index contributed by atoms with van der Waals surface area (Å²) < 4.78 is 10.6. The van der Waals surface area contributed by atoms with E-state index in [0.29, 0.717) is 17.0 Å². The Morgan fingerprint density at radius 2 is 1.39 bits per heavy atom. The van der Waals surface area contributed by atoms with Gasteiger partial charge >= 0.3 is 0 Å². The van der Waals surface area contributed by atoms with E-state index in [0.717, 1.165) is 0 Å². The first kappa shape index (κ1) is 19.8. The molecule has 28 heavy (non-hydrogen) atoms. The first-order chi connectivity index (χ1) is 13.6. The zero-order valence-corrected chi connectivity index (χ0v) is 15.1. The van der Waals surface area contributed by atoms with Crippen LogP contribution in [-0.4, -0.2) is 20.1 Å². The molecule has 2 aromatic carbocycles. The Balaban J connectivity index is 2.43. The van der Waals surface area contributed by atoms with Crippen LogP contribution in [-0.2, 0) is 0 Å². The fourth-order valence-corrected chi connectivity index (χ4v) is 2.29. The molecule has 2 aromatic rings. The SMILES string of the molecule is COc1cc(NC(C#N)=C(C#N)C#N)c(OC)cc1NC(=O)c1ccccc1. The summed E-state index contributed by atoms with van der Waals surface area (Å²) in [6.45, 7) is 0. The molecule has 1 amide bonds. The van der Waals surface area contributed by atoms with Crippen molar-refractivity contribution in [2.24, 2.45) is 0 Å². The van der Waals surface area contributed by atoms with Crippen molar-refractivity contribution < 1.29 is 14.3 Å². The van der Waals surface area contributed by atoms with Crippen LogP contribution in [0.5, 0.6) is 11.5 Å². The number of anilines is 2. The Hall–Kier alpha value is -4.48. The van der Waals surface area contributed by atoms with Crippen LogP contribution in [0, 0.1) is 34.0 Å². The minimum absolute atomic E-state index is 0.230. The molecule has 8 heteroatoms. The van der Waals surface area contributed by atoms with Crippen LogP contribution in [0.3, 0.4) is 0 Å². The number of methoxy groups -OCH3 is 2. The number of carbonyl (C=O) groups is 1. The maximum Gasteiger partial charge on any atom is 0.255 e. The van der Waals surface area contributed by atoms with E-state index < -0.39 is 0 Å².